The number of hydrogen-bond donors (Lipinski definition) is 2. The van der Waals surface area contributed by atoms with Crippen LogP contribution in [0.1, 0.15) is 0 Å². The van der Waals surface area contributed by atoms with Gasteiger partial charge in [0.2, 0.25) is 5.88 Å². The summed E-state index contributed by atoms with van der Waals surface area (Å²) in [5, 5.41) is 3.14. The second-order valence-electron chi connectivity index (χ2n) is 2.97. The Morgan fingerprint density at radius 2 is 2.44 bits per heavy atom. The van der Waals surface area contributed by atoms with Crippen LogP contribution in [0.2, 0.25) is 0 Å². The van der Waals surface area contributed by atoms with Gasteiger partial charge in [-0.15, -0.1) is 18.2 Å². The number of terminal acetylenes is 1. The molecule has 1 aromatic heterocycles. The Balaban J connectivity index is 2.43. The molecule has 0 fully saturated rings. The molecule has 16 heavy (non-hydrogen) atoms. The second kappa shape index (κ2) is 6.85. The number of nitrogens with two attached hydrogens (primary N) is 1. The molecule has 0 unspecified atom stereocenters. The number of nitrogens with one attached hydrogen (secondary N) is 1. The molecular weight excluding hydrogens is 222 g/mol. The van der Waals surface area contributed by atoms with Gasteiger partial charge in [-0.3, -0.25) is 0 Å². The van der Waals surface area contributed by atoms with E-state index in [1.54, 1.807) is 31.0 Å². The van der Waals surface area contributed by atoms with E-state index in [2.05, 4.69) is 16.2 Å². The third-order valence-electron chi connectivity index (χ3n) is 1.83. The summed E-state index contributed by atoms with van der Waals surface area (Å²) < 4.78 is 5.02. The molecule has 1 heterocycles. The molecule has 0 aliphatic rings. The average molecular weight is 237 g/mol. The van der Waals surface area contributed by atoms with Crippen LogP contribution in [0.4, 0.5) is 11.5 Å². The Kier molecular flexibility index (Phi) is 5.37. The average Bonchev–Trinajstić information content (AvgIpc) is 2.31. The summed E-state index contributed by atoms with van der Waals surface area (Å²) in [6.45, 7) is 0.775. The maximum atomic E-state index is 5.77. The Bertz CT molecular complexity index is 376. The molecule has 0 aliphatic carbocycles. The van der Waals surface area contributed by atoms with Gasteiger partial charge >= 0.3 is 0 Å². The highest BCUT2D eigenvalue weighted by Crippen LogP contribution is 2.19. The fourth-order valence-corrected chi connectivity index (χ4v) is 1.59. The maximum absolute atomic E-state index is 5.77. The first-order valence-electron chi connectivity index (χ1n) is 4.83. The van der Waals surface area contributed by atoms with Crippen LogP contribution < -0.4 is 15.8 Å². The van der Waals surface area contributed by atoms with Crippen molar-refractivity contribution >= 4 is 23.3 Å². The van der Waals surface area contributed by atoms with Gasteiger partial charge in [0.1, 0.15) is 0 Å². The van der Waals surface area contributed by atoms with Crippen molar-refractivity contribution in [2.45, 2.75) is 0 Å². The lowest BCUT2D eigenvalue weighted by molar-refractivity contribution is 0.398. The number of aromatic nitrogens is 1. The second-order valence-corrected chi connectivity index (χ2v) is 4.08. The lowest BCUT2D eigenvalue weighted by atomic mass is 10.4. The first-order valence-corrected chi connectivity index (χ1v) is 5.99. The number of thioether (sulfide) groups is 1. The Labute approximate surface area is 100.0 Å². The molecule has 0 aliphatic heterocycles. The van der Waals surface area contributed by atoms with Gasteiger partial charge in [0, 0.05) is 18.4 Å². The molecule has 0 saturated heterocycles. The maximum Gasteiger partial charge on any atom is 0.215 e. The zero-order valence-electron chi connectivity index (χ0n) is 9.19. The molecule has 0 aromatic carbocycles. The summed E-state index contributed by atoms with van der Waals surface area (Å²) in [5.41, 5.74) is 6.38. The van der Waals surface area contributed by atoms with Gasteiger partial charge in [0.15, 0.2) is 5.82 Å². The largest absolute Gasteiger partial charge is 0.481 e. The molecule has 0 saturated carbocycles. The topological polar surface area (TPSA) is 60.2 Å². The summed E-state index contributed by atoms with van der Waals surface area (Å²) in [6.07, 6.45) is 5.14. The van der Waals surface area contributed by atoms with Crippen molar-refractivity contribution in [1.82, 2.24) is 4.98 Å². The Morgan fingerprint density at radius 1 is 1.62 bits per heavy atom. The smallest absolute Gasteiger partial charge is 0.215 e. The van der Waals surface area contributed by atoms with Gasteiger partial charge in [-0.05, 0) is 6.07 Å². The van der Waals surface area contributed by atoms with Crippen molar-refractivity contribution in [2.75, 3.05) is 36.2 Å². The number of nitrogen functional groups attached to an aromatic ring is 1. The van der Waals surface area contributed by atoms with E-state index in [0.717, 1.165) is 18.1 Å². The first kappa shape index (κ1) is 12.5. The fraction of sp³-hybridized carbons (Fsp3) is 0.364. The SMILES string of the molecule is C#CCSCCNc1nc(OC)ccc1N. The van der Waals surface area contributed by atoms with E-state index >= 15 is 0 Å². The van der Waals surface area contributed by atoms with Gasteiger partial charge in [0.05, 0.1) is 18.6 Å². The molecule has 0 radical (unpaired) electrons. The first-order chi connectivity index (χ1) is 7.77. The van der Waals surface area contributed by atoms with Crippen LogP contribution >= 0.6 is 11.8 Å². The predicted molar refractivity (Wildman–Crippen MR) is 69.8 cm³/mol. The van der Waals surface area contributed by atoms with E-state index < -0.39 is 0 Å². The van der Waals surface area contributed by atoms with Crippen LogP contribution in [0.15, 0.2) is 12.1 Å². The van der Waals surface area contributed by atoms with Crippen LogP contribution in [0.5, 0.6) is 5.88 Å². The molecule has 0 bridgehead atoms. The van der Waals surface area contributed by atoms with E-state index in [4.69, 9.17) is 16.9 Å². The highest BCUT2D eigenvalue weighted by atomic mass is 32.2. The van der Waals surface area contributed by atoms with Crippen LogP contribution in [-0.2, 0) is 0 Å². The zero-order valence-corrected chi connectivity index (χ0v) is 10.0. The molecule has 3 N–H and O–H groups in total. The molecule has 0 amide bonds. The van der Waals surface area contributed by atoms with Crippen LogP contribution in [0, 0.1) is 12.3 Å². The highest BCUT2D eigenvalue weighted by Gasteiger charge is 2.02. The molecule has 1 aromatic rings. The highest BCUT2D eigenvalue weighted by molar-refractivity contribution is 7.99. The van der Waals surface area contributed by atoms with Crippen molar-refractivity contribution in [3.05, 3.63) is 12.1 Å². The normalized spacial score (nSPS) is 9.50. The summed E-state index contributed by atoms with van der Waals surface area (Å²) in [5.74, 6) is 5.42. The van der Waals surface area contributed by atoms with Gasteiger partial charge in [-0.2, -0.15) is 4.98 Å². The zero-order chi connectivity index (χ0) is 11.8. The van der Waals surface area contributed by atoms with Crippen molar-refractivity contribution in [3.8, 4) is 18.2 Å². The van der Waals surface area contributed by atoms with E-state index in [1.165, 1.54) is 0 Å². The van der Waals surface area contributed by atoms with Crippen LogP contribution in [0.3, 0.4) is 0 Å². The number of ether oxygens (including phenoxy) is 1. The third-order valence-corrected chi connectivity index (χ3v) is 2.70. The lowest BCUT2D eigenvalue weighted by Crippen LogP contribution is -2.08. The molecule has 5 heteroatoms. The number of rotatable bonds is 6. The summed E-state index contributed by atoms with van der Waals surface area (Å²) in [7, 11) is 1.57. The lowest BCUT2D eigenvalue weighted by Gasteiger charge is -2.08. The summed E-state index contributed by atoms with van der Waals surface area (Å²) in [6, 6.07) is 3.50. The van der Waals surface area contributed by atoms with Gasteiger partial charge in [0.25, 0.3) is 0 Å². The predicted octanol–water partition coefficient (Wildman–Crippen LogP) is 1.45. The van der Waals surface area contributed by atoms with Crippen molar-refractivity contribution < 1.29 is 4.74 Å². The number of pyridine rings is 1. The number of methoxy groups -OCH3 is 1. The quantitative estimate of drug-likeness (QED) is 0.579. The van der Waals surface area contributed by atoms with Gasteiger partial charge in [-0.1, -0.05) is 5.92 Å². The minimum atomic E-state index is 0.549. The van der Waals surface area contributed by atoms with E-state index in [-0.39, 0.29) is 0 Å². The van der Waals surface area contributed by atoms with Gasteiger partial charge < -0.3 is 15.8 Å². The summed E-state index contributed by atoms with van der Waals surface area (Å²) >= 11 is 1.69. The molecule has 1 rings (SSSR count). The standard InChI is InChI=1S/C11H15N3OS/c1-3-7-16-8-6-13-11-9(12)4-5-10(14-11)15-2/h1,4-5H,6-8,12H2,2H3,(H,13,14). The van der Waals surface area contributed by atoms with Crippen LogP contribution in [0.25, 0.3) is 0 Å². The van der Waals surface area contributed by atoms with E-state index in [9.17, 15) is 0 Å². The fourth-order valence-electron chi connectivity index (χ4n) is 1.08. The molecule has 0 atom stereocenters. The van der Waals surface area contributed by atoms with Crippen molar-refractivity contribution in [1.29, 1.82) is 0 Å². The van der Waals surface area contributed by atoms with Crippen LogP contribution in [-0.4, -0.2) is 30.1 Å². The summed E-state index contributed by atoms with van der Waals surface area (Å²) in [4.78, 5) is 4.20. The number of nitrogens with zero attached hydrogens (tertiary/aromatic N) is 1. The van der Waals surface area contributed by atoms with Crippen molar-refractivity contribution in [2.24, 2.45) is 0 Å². The molecule has 4 nitrogen and oxygen atoms in total. The molecule has 86 valence electrons. The molecule has 0 spiro atoms. The minimum absolute atomic E-state index is 0.549. The van der Waals surface area contributed by atoms with E-state index in [1.807, 2.05) is 0 Å². The monoisotopic (exact) mass is 237 g/mol. The minimum Gasteiger partial charge on any atom is -0.481 e. The van der Waals surface area contributed by atoms with E-state index in [0.29, 0.717) is 17.4 Å². The Morgan fingerprint density at radius 3 is 3.12 bits per heavy atom. The third kappa shape index (κ3) is 3.91. The van der Waals surface area contributed by atoms with Crippen molar-refractivity contribution in [3.63, 3.8) is 0 Å². The molecular formula is C11H15N3OS. The number of anilines is 2. The number of hydrogen-bond acceptors (Lipinski definition) is 5. The Hall–Kier alpha value is -1.54. The van der Waals surface area contributed by atoms with Gasteiger partial charge in [-0.25, -0.2) is 0 Å².